The number of piperidine rings is 1. The molecule has 9 nitrogen and oxygen atoms in total. The van der Waals surface area contributed by atoms with E-state index >= 15 is 0 Å². The minimum Gasteiger partial charge on any atom is -0.497 e. The second kappa shape index (κ2) is 11.3. The third-order valence-corrected chi connectivity index (χ3v) is 6.84. The van der Waals surface area contributed by atoms with Gasteiger partial charge in [-0.2, -0.15) is 0 Å². The molecule has 3 amide bonds. The number of piperazine rings is 1. The zero-order valence-corrected chi connectivity index (χ0v) is 21.0. The van der Waals surface area contributed by atoms with E-state index in [2.05, 4.69) is 0 Å². The molecule has 0 radical (unpaired) electrons. The standard InChI is InChI=1S/C27H33N3O6/c1-4-36-27(33)29-17-15-28(16-18-29)26(32)23-13-14-24(31)30(20-7-11-22(35-3)12-8-20)25(23)19-5-9-21(34-2)10-6-19/h5-12,23,25H,4,13-18H2,1-3H3/t23-,25+/m0/s1. The van der Waals surface area contributed by atoms with E-state index in [0.717, 1.165) is 5.56 Å². The first-order chi connectivity index (χ1) is 17.5. The molecule has 2 aliphatic rings. The molecule has 0 bridgehead atoms. The van der Waals surface area contributed by atoms with Crippen molar-refractivity contribution in [2.45, 2.75) is 25.8 Å². The van der Waals surface area contributed by atoms with Gasteiger partial charge in [0.2, 0.25) is 11.8 Å². The van der Waals surface area contributed by atoms with E-state index < -0.39 is 12.0 Å². The summed E-state index contributed by atoms with van der Waals surface area (Å²) in [5.74, 6) is 0.931. The van der Waals surface area contributed by atoms with Gasteiger partial charge in [-0.15, -0.1) is 0 Å². The minimum absolute atomic E-state index is 0.00895. The SMILES string of the molecule is CCOC(=O)N1CCN(C(=O)[C@H]2CCC(=O)N(c3ccc(OC)cc3)[C@@H]2c2ccc(OC)cc2)CC1. The van der Waals surface area contributed by atoms with Gasteiger partial charge in [-0.1, -0.05) is 12.1 Å². The Labute approximate surface area is 211 Å². The number of carbonyl (C=O) groups is 3. The average molecular weight is 496 g/mol. The van der Waals surface area contributed by atoms with Crippen molar-refractivity contribution in [1.82, 2.24) is 9.80 Å². The fraction of sp³-hybridized carbons (Fsp3) is 0.444. The Morgan fingerprint density at radius 1 is 0.861 bits per heavy atom. The van der Waals surface area contributed by atoms with Crippen molar-refractivity contribution in [1.29, 1.82) is 0 Å². The van der Waals surface area contributed by atoms with Crippen LogP contribution in [-0.2, 0) is 14.3 Å². The molecular formula is C27H33N3O6. The summed E-state index contributed by atoms with van der Waals surface area (Å²) >= 11 is 0. The van der Waals surface area contributed by atoms with Crippen LogP contribution < -0.4 is 14.4 Å². The second-order valence-corrected chi connectivity index (χ2v) is 8.84. The van der Waals surface area contributed by atoms with Crippen LogP contribution in [0.4, 0.5) is 10.5 Å². The maximum Gasteiger partial charge on any atom is 0.409 e. The summed E-state index contributed by atoms with van der Waals surface area (Å²) in [4.78, 5) is 44.4. The number of hydrogen-bond donors (Lipinski definition) is 0. The van der Waals surface area contributed by atoms with Gasteiger partial charge in [-0.05, 0) is 55.3 Å². The zero-order valence-electron chi connectivity index (χ0n) is 21.0. The van der Waals surface area contributed by atoms with Gasteiger partial charge in [-0.25, -0.2) is 4.79 Å². The summed E-state index contributed by atoms with van der Waals surface area (Å²) in [6, 6.07) is 14.4. The molecule has 4 rings (SSSR count). The first-order valence-corrected chi connectivity index (χ1v) is 12.3. The lowest BCUT2D eigenvalue weighted by molar-refractivity contribution is -0.140. The molecular weight excluding hydrogens is 462 g/mol. The van der Waals surface area contributed by atoms with Crippen LogP contribution >= 0.6 is 0 Å². The fourth-order valence-electron chi connectivity index (χ4n) is 4.94. The summed E-state index contributed by atoms with van der Waals surface area (Å²) in [7, 11) is 3.20. The number of hydrogen-bond acceptors (Lipinski definition) is 6. The zero-order chi connectivity index (χ0) is 25.7. The van der Waals surface area contributed by atoms with Gasteiger partial charge < -0.3 is 28.9 Å². The number of benzene rings is 2. The number of nitrogens with zero attached hydrogens (tertiary/aromatic N) is 3. The topological polar surface area (TPSA) is 88.6 Å². The van der Waals surface area contributed by atoms with E-state index in [1.165, 1.54) is 0 Å². The maximum absolute atomic E-state index is 13.9. The van der Waals surface area contributed by atoms with Crippen LogP contribution in [0.1, 0.15) is 31.4 Å². The van der Waals surface area contributed by atoms with Crippen LogP contribution in [0.2, 0.25) is 0 Å². The first-order valence-electron chi connectivity index (χ1n) is 12.3. The van der Waals surface area contributed by atoms with Crippen molar-refractivity contribution in [3.8, 4) is 11.5 Å². The summed E-state index contributed by atoms with van der Waals surface area (Å²) in [5, 5.41) is 0. The van der Waals surface area contributed by atoms with Crippen LogP contribution in [0, 0.1) is 5.92 Å². The molecule has 0 saturated carbocycles. The van der Waals surface area contributed by atoms with E-state index in [1.807, 2.05) is 48.5 Å². The molecule has 2 aromatic carbocycles. The van der Waals surface area contributed by atoms with Gasteiger partial charge in [0.15, 0.2) is 0 Å². The van der Waals surface area contributed by atoms with E-state index in [4.69, 9.17) is 14.2 Å². The molecule has 0 N–H and O–H groups in total. The highest BCUT2D eigenvalue weighted by atomic mass is 16.6. The maximum atomic E-state index is 13.9. The van der Waals surface area contributed by atoms with Gasteiger partial charge in [0.05, 0.1) is 32.8 Å². The molecule has 0 aliphatic carbocycles. The summed E-state index contributed by atoms with van der Waals surface area (Å²) in [6.45, 7) is 3.80. The quantitative estimate of drug-likeness (QED) is 0.610. The molecule has 36 heavy (non-hydrogen) atoms. The third kappa shape index (κ3) is 5.24. The molecule has 2 atom stereocenters. The number of ether oxygens (including phenoxy) is 3. The summed E-state index contributed by atoms with van der Waals surface area (Å²) in [6.07, 6.45) is 0.381. The van der Waals surface area contributed by atoms with Crippen molar-refractivity contribution in [2.75, 3.05) is 51.9 Å². The second-order valence-electron chi connectivity index (χ2n) is 8.84. The Balaban J connectivity index is 1.63. The first kappa shape index (κ1) is 25.3. The minimum atomic E-state index is -0.471. The molecule has 2 aliphatic heterocycles. The van der Waals surface area contributed by atoms with Crippen molar-refractivity contribution in [3.05, 3.63) is 54.1 Å². The van der Waals surface area contributed by atoms with E-state index in [1.54, 1.807) is 35.8 Å². The molecule has 0 unspecified atom stereocenters. The summed E-state index contributed by atoms with van der Waals surface area (Å²) < 4.78 is 15.7. The molecule has 192 valence electrons. The lowest BCUT2D eigenvalue weighted by Gasteiger charge is -2.43. The predicted octanol–water partition coefficient (Wildman–Crippen LogP) is 3.49. The molecule has 2 heterocycles. The molecule has 0 aromatic heterocycles. The Morgan fingerprint density at radius 2 is 1.42 bits per heavy atom. The monoisotopic (exact) mass is 495 g/mol. The van der Waals surface area contributed by atoms with E-state index in [9.17, 15) is 14.4 Å². The van der Waals surface area contributed by atoms with Crippen molar-refractivity contribution >= 4 is 23.6 Å². The van der Waals surface area contributed by atoms with Crippen molar-refractivity contribution in [2.24, 2.45) is 5.92 Å². The smallest absolute Gasteiger partial charge is 0.409 e. The fourth-order valence-corrected chi connectivity index (χ4v) is 4.94. The Morgan fingerprint density at radius 3 is 1.97 bits per heavy atom. The largest absolute Gasteiger partial charge is 0.497 e. The normalized spacial score (nSPS) is 20.2. The number of amides is 3. The molecule has 2 aromatic rings. The molecule has 9 heteroatoms. The number of methoxy groups -OCH3 is 2. The van der Waals surface area contributed by atoms with E-state index in [-0.39, 0.29) is 24.3 Å². The highest BCUT2D eigenvalue weighted by molar-refractivity contribution is 5.97. The van der Waals surface area contributed by atoms with E-state index in [0.29, 0.717) is 56.4 Å². The predicted molar refractivity (Wildman–Crippen MR) is 134 cm³/mol. The van der Waals surface area contributed by atoms with Crippen LogP contribution in [0.3, 0.4) is 0 Å². The number of rotatable bonds is 6. The Hall–Kier alpha value is -3.75. The third-order valence-electron chi connectivity index (χ3n) is 6.84. The summed E-state index contributed by atoms with van der Waals surface area (Å²) in [5.41, 5.74) is 1.58. The van der Waals surface area contributed by atoms with Gasteiger partial charge in [0.25, 0.3) is 0 Å². The molecule has 2 saturated heterocycles. The Bertz CT molecular complexity index is 1060. The van der Waals surface area contributed by atoms with Crippen molar-refractivity contribution < 1.29 is 28.6 Å². The average Bonchev–Trinajstić information content (AvgIpc) is 2.93. The number of carbonyl (C=O) groups excluding carboxylic acids is 3. The van der Waals surface area contributed by atoms with Crippen LogP contribution in [0.5, 0.6) is 11.5 Å². The van der Waals surface area contributed by atoms with Crippen LogP contribution in [-0.4, -0.2) is 74.7 Å². The highest BCUT2D eigenvalue weighted by Gasteiger charge is 2.43. The van der Waals surface area contributed by atoms with Gasteiger partial charge in [0.1, 0.15) is 11.5 Å². The van der Waals surface area contributed by atoms with Gasteiger partial charge in [-0.3, -0.25) is 9.59 Å². The van der Waals surface area contributed by atoms with Crippen LogP contribution in [0.15, 0.2) is 48.5 Å². The lowest BCUT2D eigenvalue weighted by atomic mass is 9.82. The Kier molecular flexibility index (Phi) is 7.97. The lowest BCUT2D eigenvalue weighted by Crippen LogP contribution is -2.55. The molecule has 2 fully saturated rings. The molecule has 0 spiro atoms. The van der Waals surface area contributed by atoms with Gasteiger partial charge >= 0.3 is 6.09 Å². The van der Waals surface area contributed by atoms with Gasteiger partial charge in [0, 0.05) is 38.3 Å². The highest BCUT2D eigenvalue weighted by Crippen LogP contribution is 2.41. The number of anilines is 1. The van der Waals surface area contributed by atoms with Crippen molar-refractivity contribution in [3.63, 3.8) is 0 Å². The van der Waals surface area contributed by atoms with Crippen LogP contribution in [0.25, 0.3) is 0 Å².